The zero-order valence-electron chi connectivity index (χ0n) is 64.3. The van der Waals surface area contributed by atoms with Gasteiger partial charge < -0.3 is 33.8 Å². The molecule has 5 atom stereocenters. The Morgan fingerprint density at radius 3 is 0.824 bits per heavy atom. The lowest BCUT2D eigenvalue weighted by Crippen LogP contribution is -2.30. The number of aliphatic hydroxyl groups excluding tert-OH is 1. The summed E-state index contributed by atoms with van der Waals surface area (Å²) in [7, 11) is -9.96. The van der Waals surface area contributed by atoms with E-state index in [0.29, 0.717) is 25.7 Å². The van der Waals surface area contributed by atoms with Crippen LogP contribution in [0.5, 0.6) is 0 Å². The van der Waals surface area contributed by atoms with Crippen molar-refractivity contribution in [2.75, 3.05) is 39.6 Å². The molecule has 0 saturated carbocycles. The lowest BCUT2D eigenvalue weighted by Gasteiger charge is -2.21. The molecule has 5 unspecified atom stereocenters. The van der Waals surface area contributed by atoms with Crippen LogP contribution in [0.15, 0.2) is 109 Å². The van der Waals surface area contributed by atoms with E-state index in [0.717, 1.165) is 186 Å². The van der Waals surface area contributed by atoms with Crippen molar-refractivity contribution < 1.29 is 80.2 Å². The van der Waals surface area contributed by atoms with Gasteiger partial charge in [0.2, 0.25) is 0 Å². The van der Waals surface area contributed by atoms with E-state index in [4.69, 9.17) is 37.0 Å². The predicted octanol–water partition coefficient (Wildman–Crippen LogP) is 23.3. The Balaban J connectivity index is 5.36. The number of esters is 4. The topological polar surface area (TPSA) is 237 Å². The van der Waals surface area contributed by atoms with Crippen LogP contribution in [0, 0.1) is 0 Å². The quantitative estimate of drug-likeness (QED) is 0.0169. The maximum Gasteiger partial charge on any atom is 0.472 e. The van der Waals surface area contributed by atoms with Crippen LogP contribution in [-0.4, -0.2) is 96.7 Å². The summed E-state index contributed by atoms with van der Waals surface area (Å²) < 4.78 is 68.6. The van der Waals surface area contributed by atoms with Gasteiger partial charge in [-0.15, -0.1) is 0 Å². The number of hydrogen-bond acceptors (Lipinski definition) is 15. The molecule has 0 saturated heterocycles. The summed E-state index contributed by atoms with van der Waals surface area (Å²) in [5.74, 6) is -2.21. The molecular formula is C83H144O17P2. The SMILES string of the molecule is CC/C=C\C/C=C\C/C=C\C/C=C\CCCCCCCCC(=O)OCC(COP(=O)(O)OCC(O)COP(=O)(O)OCC(COC(=O)CCCCCCCCCCCCCCCCC)OC(=O)CCCCCCC/C=C\C/C=C\CCC)OC(=O)CCCCCCC/C=C\C/C=C\C/C=C\CC. The summed E-state index contributed by atoms with van der Waals surface area (Å²) in [6, 6.07) is 0. The van der Waals surface area contributed by atoms with E-state index in [1.165, 1.54) is 70.6 Å². The molecule has 0 aromatic heterocycles. The number of rotatable bonds is 75. The molecule has 588 valence electrons. The van der Waals surface area contributed by atoms with E-state index in [1.54, 1.807) is 0 Å². The zero-order valence-corrected chi connectivity index (χ0v) is 66.0. The van der Waals surface area contributed by atoms with Gasteiger partial charge in [-0.05, 0) is 122 Å². The molecule has 0 aliphatic rings. The number of carbonyl (C=O) groups excluding carboxylic acids is 4. The van der Waals surface area contributed by atoms with Crippen LogP contribution in [0.3, 0.4) is 0 Å². The maximum atomic E-state index is 13.1. The summed E-state index contributed by atoms with van der Waals surface area (Å²) in [6.45, 7) is 4.57. The highest BCUT2D eigenvalue weighted by atomic mass is 31.2. The van der Waals surface area contributed by atoms with Crippen molar-refractivity contribution in [3.63, 3.8) is 0 Å². The Labute approximate surface area is 619 Å². The first-order valence-corrected chi connectivity index (χ1v) is 43.1. The van der Waals surface area contributed by atoms with Crippen LogP contribution in [0.2, 0.25) is 0 Å². The van der Waals surface area contributed by atoms with Gasteiger partial charge in [0.25, 0.3) is 0 Å². The van der Waals surface area contributed by atoms with Crippen LogP contribution in [-0.2, 0) is 65.4 Å². The van der Waals surface area contributed by atoms with Crippen molar-refractivity contribution in [1.29, 1.82) is 0 Å². The minimum absolute atomic E-state index is 0.0707. The molecule has 0 heterocycles. The minimum Gasteiger partial charge on any atom is -0.462 e. The fourth-order valence-corrected chi connectivity index (χ4v) is 12.3. The third-order valence-electron chi connectivity index (χ3n) is 16.7. The molecule has 0 bridgehead atoms. The van der Waals surface area contributed by atoms with Crippen molar-refractivity contribution in [1.82, 2.24) is 0 Å². The van der Waals surface area contributed by atoms with Crippen LogP contribution >= 0.6 is 15.6 Å². The second kappa shape index (κ2) is 75.0. The number of unbranched alkanes of at least 4 members (excludes halogenated alkanes) is 31. The van der Waals surface area contributed by atoms with Gasteiger partial charge in [-0.3, -0.25) is 37.3 Å². The van der Waals surface area contributed by atoms with E-state index in [2.05, 4.69) is 137 Å². The molecule has 0 spiro atoms. The van der Waals surface area contributed by atoms with Crippen LogP contribution in [0.1, 0.15) is 336 Å². The minimum atomic E-state index is -4.99. The number of aliphatic hydroxyl groups is 1. The van der Waals surface area contributed by atoms with Gasteiger partial charge in [-0.25, -0.2) is 9.13 Å². The third kappa shape index (κ3) is 74.0. The molecule has 17 nitrogen and oxygen atoms in total. The van der Waals surface area contributed by atoms with Gasteiger partial charge >= 0.3 is 39.5 Å². The first-order chi connectivity index (χ1) is 49.7. The van der Waals surface area contributed by atoms with E-state index < -0.39 is 97.5 Å². The van der Waals surface area contributed by atoms with E-state index in [-0.39, 0.29) is 25.7 Å². The number of hydrogen-bond donors (Lipinski definition) is 3. The van der Waals surface area contributed by atoms with Crippen LogP contribution in [0.4, 0.5) is 0 Å². The molecule has 102 heavy (non-hydrogen) atoms. The molecule has 0 fully saturated rings. The molecular weight excluding hydrogens is 1330 g/mol. The molecule has 19 heteroatoms. The van der Waals surface area contributed by atoms with Crippen LogP contribution in [0.25, 0.3) is 0 Å². The molecule has 0 rings (SSSR count). The average Bonchev–Trinajstić information content (AvgIpc) is 0.924. The molecule has 0 aliphatic carbocycles. The first-order valence-electron chi connectivity index (χ1n) is 40.1. The van der Waals surface area contributed by atoms with Gasteiger partial charge in [-0.2, -0.15) is 0 Å². The fourth-order valence-electron chi connectivity index (χ4n) is 10.7. The summed E-state index contributed by atoms with van der Waals surface area (Å²) in [6.07, 6.45) is 80.6. The Hall–Kier alpha value is -4.28. The summed E-state index contributed by atoms with van der Waals surface area (Å²) in [5.41, 5.74) is 0. The largest absolute Gasteiger partial charge is 0.472 e. The average molecular weight is 1480 g/mol. The Bertz CT molecular complexity index is 2360. The number of phosphoric ester groups is 2. The van der Waals surface area contributed by atoms with Gasteiger partial charge in [0.1, 0.15) is 19.3 Å². The molecule has 0 aliphatic heterocycles. The Kier molecular flexibility index (Phi) is 71.8. The zero-order chi connectivity index (χ0) is 74.6. The summed E-state index contributed by atoms with van der Waals surface area (Å²) in [5, 5.41) is 10.6. The van der Waals surface area contributed by atoms with Crippen molar-refractivity contribution in [3.05, 3.63) is 109 Å². The van der Waals surface area contributed by atoms with Gasteiger partial charge in [-0.1, -0.05) is 298 Å². The normalized spacial score (nSPS) is 14.5. The van der Waals surface area contributed by atoms with Crippen molar-refractivity contribution in [2.24, 2.45) is 0 Å². The summed E-state index contributed by atoms with van der Waals surface area (Å²) in [4.78, 5) is 73.0. The first kappa shape index (κ1) is 97.7. The predicted molar refractivity (Wildman–Crippen MR) is 418 cm³/mol. The van der Waals surface area contributed by atoms with E-state index >= 15 is 0 Å². The molecule has 0 amide bonds. The molecule has 3 N–H and O–H groups in total. The molecule has 0 radical (unpaired) electrons. The number of allylic oxidation sites excluding steroid dienone is 18. The smallest absolute Gasteiger partial charge is 0.462 e. The highest BCUT2D eigenvalue weighted by Gasteiger charge is 2.30. The fraction of sp³-hybridized carbons (Fsp3) is 0.735. The molecule has 0 aromatic rings. The lowest BCUT2D eigenvalue weighted by atomic mass is 10.0. The van der Waals surface area contributed by atoms with Gasteiger partial charge in [0, 0.05) is 25.7 Å². The highest BCUT2D eigenvalue weighted by Crippen LogP contribution is 2.45. The van der Waals surface area contributed by atoms with E-state index in [1.807, 2.05) is 0 Å². The Morgan fingerprint density at radius 2 is 0.529 bits per heavy atom. The third-order valence-corrected chi connectivity index (χ3v) is 18.6. The van der Waals surface area contributed by atoms with Gasteiger partial charge in [0.05, 0.1) is 26.4 Å². The van der Waals surface area contributed by atoms with Crippen molar-refractivity contribution in [3.8, 4) is 0 Å². The second-order valence-electron chi connectivity index (χ2n) is 26.6. The molecule has 0 aromatic carbocycles. The highest BCUT2D eigenvalue weighted by molar-refractivity contribution is 7.47. The standard InChI is InChI=1S/C83H144O17P2/c1-5-9-13-17-21-25-29-33-36-37-38-39-42-45-48-52-56-60-64-68-81(86)94-74-79(100-83(88)70-66-62-58-54-50-46-41-35-31-27-23-19-15-11-7-3)76-98-102(91,92)96-72-77(84)71-95-101(89,90)97-75-78(99-82(87)69-65-61-57-53-49-43-32-28-24-20-16-12-8-4)73-93-80(85)67-63-59-55-51-47-44-40-34-30-26-22-18-14-10-6-2/h9,11,13,15-16,20-21,23,25,27-28,32-33,35-36,38-39,41,77-79,84H,5-8,10,12,14,17-19,22,24,26,29-31,34,37,40,42-76H2,1-4H3,(H,89,90)(H,91,92)/b13-9-,15-11-,20-16-,25-21-,27-23-,32-28-,36-33-,39-38-,41-35-. The number of ether oxygens (including phenoxy) is 4. The van der Waals surface area contributed by atoms with E-state index in [9.17, 15) is 43.2 Å². The van der Waals surface area contributed by atoms with Gasteiger partial charge in [0.15, 0.2) is 12.2 Å². The lowest BCUT2D eigenvalue weighted by molar-refractivity contribution is -0.161. The maximum absolute atomic E-state index is 13.1. The van der Waals surface area contributed by atoms with Crippen LogP contribution < -0.4 is 0 Å². The summed E-state index contributed by atoms with van der Waals surface area (Å²) >= 11 is 0. The van der Waals surface area contributed by atoms with Crippen molar-refractivity contribution in [2.45, 2.75) is 354 Å². The Morgan fingerprint density at radius 1 is 0.284 bits per heavy atom. The van der Waals surface area contributed by atoms with Crippen molar-refractivity contribution >= 4 is 39.5 Å². The number of carbonyl (C=O) groups is 4. The number of phosphoric acid groups is 2. The second-order valence-corrected chi connectivity index (χ2v) is 29.5. The monoisotopic (exact) mass is 1470 g/mol.